The molecular weight excluding hydrogens is 405 g/mol. The van der Waals surface area contributed by atoms with Crippen molar-refractivity contribution in [2.75, 3.05) is 20.2 Å². The quantitative estimate of drug-likeness (QED) is 0.602. The van der Waals surface area contributed by atoms with E-state index in [1.807, 2.05) is 19.1 Å². The second kappa shape index (κ2) is 10.5. The highest BCUT2D eigenvalue weighted by molar-refractivity contribution is 5.94. The molecule has 3 N–H and O–H groups in total. The molecule has 2 fully saturated rings. The van der Waals surface area contributed by atoms with Gasteiger partial charge in [0, 0.05) is 29.3 Å². The molecule has 172 valence electrons. The summed E-state index contributed by atoms with van der Waals surface area (Å²) in [6, 6.07) is 13.5. The van der Waals surface area contributed by atoms with Crippen LogP contribution in [0.2, 0.25) is 0 Å². The van der Waals surface area contributed by atoms with Gasteiger partial charge in [0.15, 0.2) is 0 Å². The molecule has 0 aromatic heterocycles. The van der Waals surface area contributed by atoms with Crippen LogP contribution in [-0.4, -0.2) is 38.2 Å². The molecule has 2 aliphatic rings. The molecule has 4 rings (SSSR count). The molecule has 2 aromatic rings. The number of hydrogen-bond acceptors (Lipinski definition) is 4. The SMILES string of the molecule is COc1ccc(F)c([C@@H](C)N[C@H]2CCC(c3ccc(C(=O)NC4CCNCC4)cc3)C2)c1. The molecule has 6 heteroatoms. The minimum absolute atomic E-state index is 0.0172. The minimum Gasteiger partial charge on any atom is -0.497 e. The van der Waals surface area contributed by atoms with Gasteiger partial charge in [0.1, 0.15) is 11.6 Å². The van der Waals surface area contributed by atoms with Gasteiger partial charge in [0.05, 0.1) is 7.11 Å². The molecular formula is C26H34FN3O2. The van der Waals surface area contributed by atoms with Gasteiger partial charge in [-0.1, -0.05) is 12.1 Å². The van der Waals surface area contributed by atoms with E-state index in [9.17, 15) is 9.18 Å². The summed E-state index contributed by atoms with van der Waals surface area (Å²) in [6.45, 7) is 3.93. The van der Waals surface area contributed by atoms with Gasteiger partial charge in [0.2, 0.25) is 0 Å². The summed E-state index contributed by atoms with van der Waals surface area (Å²) in [5.74, 6) is 0.933. The van der Waals surface area contributed by atoms with E-state index in [2.05, 4.69) is 28.1 Å². The van der Waals surface area contributed by atoms with Crippen LogP contribution in [0, 0.1) is 5.82 Å². The van der Waals surface area contributed by atoms with Gasteiger partial charge in [0.25, 0.3) is 5.91 Å². The van der Waals surface area contributed by atoms with E-state index in [1.165, 1.54) is 11.6 Å². The van der Waals surface area contributed by atoms with Crippen molar-refractivity contribution < 1.29 is 13.9 Å². The van der Waals surface area contributed by atoms with Crippen LogP contribution in [0.3, 0.4) is 0 Å². The summed E-state index contributed by atoms with van der Waals surface area (Å²) >= 11 is 0. The summed E-state index contributed by atoms with van der Waals surface area (Å²) in [7, 11) is 1.60. The van der Waals surface area contributed by atoms with Crippen LogP contribution in [0.4, 0.5) is 4.39 Å². The predicted octanol–water partition coefficient (Wildman–Crippen LogP) is 4.30. The standard InChI is InChI=1S/C26H34FN3O2/c1-17(24-16-23(32-2)9-10-25(24)27)29-22-8-7-20(15-22)18-3-5-19(6-4-18)26(31)30-21-11-13-28-14-12-21/h3-6,9-10,16-17,20-22,28-29H,7-8,11-15H2,1-2H3,(H,30,31)/t17-,20?,22+/m1/s1. The Bertz CT molecular complexity index is 912. The van der Waals surface area contributed by atoms with E-state index < -0.39 is 0 Å². The van der Waals surface area contributed by atoms with Crippen LogP contribution in [-0.2, 0) is 0 Å². The summed E-state index contributed by atoms with van der Waals surface area (Å²) in [6.07, 6.45) is 5.12. The number of hydrogen-bond donors (Lipinski definition) is 3. The zero-order valence-electron chi connectivity index (χ0n) is 19.0. The largest absolute Gasteiger partial charge is 0.497 e. The summed E-state index contributed by atoms with van der Waals surface area (Å²) in [5.41, 5.74) is 2.63. The Kier molecular flexibility index (Phi) is 7.43. The fourth-order valence-electron chi connectivity index (χ4n) is 5.00. The molecule has 1 aliphatic heterocycles. The van der Waals surface area contributed by atoms with Gasteiger partial charge in [-0.25, -0.2) is 4.39 Å². The van der Waals surface area contributed by atoms with Crippen molar-refractivity contribution in [3.63, 3.8) is 0 Å². The van der Waals surface area contributed by atoms with Crippen LogP contribution in [0.25, 0.3) is 0 Å². The maximum absolute atomic E-state index is 14.3. The monoisotopic (exact) mass is 439 g/mol. The normalized spacial score (nSPS) is 22.5. The van der Waals surface area contributed by atoms with E-state index in [0.29, 0.717) is 23.3 Å². The number of amides is 1. The summed E-state index contributed by atoms with van der Waals surface area (Å²) < 4.78 is 19.5. The van der Waals surface area contributed by atoms with Crippen LogP contribution >= 0.6 is 0 Å². The average Bonchev–Trinajstić information content (AvgIpc) is 3.28. The maximum Gasteiger partial charge on any atom is 0.251 e. The molecule has 1 amide bonds. The Hall–Kier alpha value is -2.44. The molecule has 0 radical (unpaired) electrons. The van der Waals surface area contributed by atoms with Gasteiger partial charge in [-0.15, -0.1) is 0 Å². The molecule has 0 spiro atoms. The second-order valence-corrected chi connectivity index (χ2v) is 9.10. The second-order valence-electron chi connectivity index (χ2n) is 9.10. The number of carbonyl (C=O) groups excluding carboxylic acids is 1. The van der Waals surface area contributed by atoms with Crippen LogP contribution < -0.4 is 20.7 Å². The average molecular weight is 440 g/mol. The molecule has 2 aromatic carbocycles. The van der Waals surface area contributed by atoms with E-state index >= 15 is 0 Å². The fourth-order valence-corrected chi connectivity index (χ4v) is 5.00. The number of piperidine rings is 1. The first-order valence-electron chi connectivity index (χ1n) is 11.7. The number of benzene rings is 2. The highest BCUT2D eigenvalue weighted by Gasteiger charge is 2.28. The molecule has 1 heterocycles. The predicted molar refractivity (Wildman–Crippen MR) is 125 cm³/mol. The van der Waals surface area contributed by atoms with Crippen LogP contribution in [0.15, 0.2) is 42.5 Å². The van der Waals surface area contributed by atoms with Gasteiger partial charge in [-0.05, 0) is 93.9 Å². The van der Waals surface area contributed by atoms with Crippen molar-refractivity contribution >= 4 is 5.91 Å². The Morgan fingerprint density at radius 2 is 1.81 bits per heavy atom. The van der Waals surface area contributed by atoms with Crippen LogP contribution in [0.1, 0.15) is 72.5 Å². The number of carbonyl (C=O) groups is 1. The van der Waals surface area contributed by atoms with Crippen molar-refractivity contribution in [3.05, 3.63) is 65.0 Å². The summed E-state index contributed by atoms with van der Waals surface area (Å²) in [4.78, 5) is 12.5. The highest BCUT2D eigenvalue weighted by Crippen LogP contribution is 2.36. The van der Waals surface area contributed by atoms with Gasteiger partial charge < -0.3 is 20.7 Å². The molecule has 1 unspecified atom stereocenters. The molecule has 1 aliphatic carbocycles. The topological polar surface area (TPSA) is 62.4 Å². The third-order valence-electron chi connectivity index (χ3n) is 6.91. The highest BCUT2D eigenvalue weighted by atomic mass is 19.1. The number of rotatable bonds is 7. The van der Waals surface area contributed by atoms with Crippen molar-refractivity contribution in [3.8, 4) is 5.75 Å². The molecule has 1 saturated heterocycles. The van der Waals surface area contributed by atoms with Gasteiger partial charge in [-0.2, -0.15) is 0 Å². The molecule has 0 bridgehead atoms. The number of ether oxygens (including phenoxy) is 1. The lowest BCUT2D eigenvalue weighted by atomic mass is 9.96. The number of methoxy groups -OCH3 is 1. The summed E-state index contributed by atoms with van der Waals surface area (Å²) in [5, 5.41) is 10.1. The zero-order chi connectivity index (χ0) is 22.5. The van der Waals surface area contributed by atoms with E-state index in [4.69, 9.17) is 4.74 Å². The Morgan fingerprint density at radius 3 is 2.53 bits per heavy atom. The zero-order valence-corrected chi connectivity index (χ0v) is 19.0. The lowest BCUT2D eigenvalue weighted by molar-refractivity contribution is 0.0929. The molecule has 3 atom stereocenters. The van der Waals surface area contributed by atoms with Crippen molar-refractivity contribution in [1.82, 2.24) is 16.0 Å². The third-order valence-corrected chi connectivity index (χ3v) is 6.91. The van der Waals surface area contributed by atoms with E-state index in [1.54, 1.807) is 19.2 Å². The number of halogens is 1. The van der Waals surface area contributed by atoms with Crippen LogP contribution in [0.5, 0.6) is 5.75 Å². The maximum atomic E-state index is 14.3. The molecule has 32 heavy (non-hydrogen) atoms. The van der Waals surface area contributed by atoms with Crippen molar-refractivity contribution in [1.29, 1.82) is 0 Å². The first kappa shape index (κ1) is 22.7. The Balaban J connectivity index is 1.31. The first-order chi connectivity index (χ1) is 15.5. The lowest BCUT2D eigenvalue weighted by Crippen LogP contribution is -2.42. The van der Waals surface area contributed by atoms with E-state index in [0.717, 1.165) is 50.8 Å². The van der Waals surface area contributed by atoms with Gasteiger partial charge in [-0.3, -0.25) is 4.79 Å². The van der Waals surface area contributed by atoms with Crippen molar-refractivity contribution in [2.24, 2.45) is 0 Å². The fraction of sp³-hybridized carbons (Fsp3) is 0.500. The smallest absolute Gasteiger partial charge is 0.251 e. The Morgan fingerprint density at radius 1 is 1.06 bits per heavy atom. The lowest BCUT2D eigenvalue weighted by Gasteiger charge is -2.23. The van der Waals surface area contributed by atoms with E-state index in [-0.39, 0.29) is 23.8 Å². The Labute approximate surface area is 190 Å². The van der Waals surface area contributed by atoms with Gasteiger partial charge >= 0.3 is 0 Å². The molecule has 1 saturated carbocycles. The van der Waals surface area contributed by atoms with Crippen molar-refractivity contribution in [2.45, 2.75) is 63.1 Å². The third kappa shape index (κ3) is 5.48. The number of nitrogens with one attached hydrogen (secondary N) is 3. The molecule has 5 nitrogen and oxygen atoms in total. The first-order valence-corrected chi connectivity index (χ1v) is 11.7. The minimum atomic E-state index is -0.210.